The zero-order valence-corrected chi connectivity index (χ0v) is 11.5. The van der Waals surface area contributed by atoms with Gasteiger partial charge in [0.15, 0.2) is 0 Å². The molecular formula is C13H13ClN4O2. The molecule has 6 nitrogen and oxygen atoms in total. The number of benzene rings is 1. The lowest BCUT2D eigenvalue weighted by atomic mass is 10.1. The molecule has 0 atom stereocenters. The number of ether oxygens (including phenoxy) is 1. The Kier molecular flexibility index (Phi) is 3.66. The van der Waals surface area contributed by atoms with Crippen molar-refractivity contribution < 1.29 is 9.53 Å². The average molecular weight is 293 g/mol. The molecule has 0 aliphatic carbocycles. The zero-order valence-electron chi connectivity index (χ0n) is 10.7. The first-order chi connectivity index (χ1) is 9.75. The molecule has 0 bridgehead atoms. The Morgan fingerprint density at radius 1 is 1.30 bits per heavy atom. The summed E-state index contributed by atoms with van der Waals surface area (Å²) in [6, 6.07) is 5.23. The molecule has 104 valence electrons. The first kappa shape index (κ1) is 13.1. The van der Waals surface area contributed by atoms with Crippen molar-refractivity contribution in [2.24, 2.45) is 0 Å². The highest BCUT2D eigenvalue weighted by atomic mass is 35.5. The maximum absolute atomic E-state index is 12.4. The Morgan fingerprint density at radius 2 is 2.10 bits per heavy atom. The number of hydrogen-bond donors (Lipinski definition) is 0. The van der Waals surface area contributed by atoms with Gasteiger partial charge < -0.3 is 9.64 Å². The second-order valence-corrected chi connectivity index (χ2v) is 4.82. The SMILES string of the molecule is O=C(c1ccc(-n2ccnn2)cc1Cl)N1CCOCC1. The average Bonchev–Trinajstić information content (AvgIpc) is 3.01. The van der Waals surface area contributed by atoms with E-state index in [0.717, 1.165) is 5.69 Å². The van der Waals surface area contributed by atoms with E-state index in [1.807, 2.05) is 0 Å². The van der Waals surface area contributed by atoms with E-state index in [0.29, 0.717) is 36.9 Å². The van der Waals surface area contributed by atoms with Crippen LogP contribution >= 0.6 is 11.6 Å². The van der Waals surface area contributed by atoms with E-state index in [9.17, 15) is 4.79 Å². The molecule has 0 radical (unpaired) electrons. The third-order valence-electron chi connectivity index (χ3n) is 3.17. The number of nitrogens with zero attached hydrogens (tertiary/aromatic N) is 4. The molecule has 20 heavy (non-hydrogen) atoms. The van der Waals surface area contributed by atoms with Gasteiger partial charge in [0.2, 0.25) is 0 Å². The van der Waals surface area contributed by atoms with Gasteiger partial charge in [-0.25, -0.2) is 4.68 Å². The second kappa shape index (κ2) is 5.60. The minimum Gasteiger partial charge on any atom is -0.378 e. The number of aromatic nitrogens is 3. The number of morpholine rings is 1. The van der Waals surface area contributed by atoms with Crippen molar-refractivity contribution in [2.45, 2.75) is 0 Å². The summed E-state index contributed by atoms with van der Waals surface area (Å²) in [7, 11) is 0. The van der Waals surface area contributed by atoms with E-state index in [4.69, 9.17) is 16.3 Å². The zero-order chi connectivity index (χ0) is 13.9. The smallest absolute Gasteiger partial charge is 0.255 e. The van der Waals surface area contributed by atoms with Gasteiger partial charge in [0.1, 0.15) is 0 Å². The summed E-state index contributed by atoms with van der Waals surface area (Å²) in [5, 5.41) is 8.04. The van der Waals surface area contributed by atoms with E-state index in [1.54, 1.807) is 40.2 Å². The molecular weight excluding hydrogens is 280 g/mol. The van der Waals surface area contributed by atoms with Gasteiger partial charge in [0, 0.05) is 13.1 Å². The molecule has 1 aliphatic heterocycles. The number of hydrogen-bond acceptors (Lipinski definition) is 4. The fourth-order valence-electron chi connectivity index (χ4n) is 2.10. The van der Waals surface area contributed by atoms with Crippen LogP contribution in [0.3, 0.4) is 0 Å². The monoisotopic (exact) mass is 292 g/mol. The van der Waals surface area contributed by atoms with Crippen molar-refractivity contribution in [3.63, 3.8) is 0 Å². The highest BCUT2D eigenvalue weighted by molar-refractivity contribution is 6.34. The van der Waals surface area contributed by atoms with Crippen LogP contribution in [0, 0.1) is 0 Å². The minimum absolute atomic E-state index is 0.0663. The molecule has 2 aromatic rings. The van der Waals surface area contributed by atoms with E-state index < -0.39 is 0 Å². The topological polar surface area (TPSA) is 60.2 Å². The molecule has 2 heterocycles. The van der Waals surface area contributed by atoms with Gasteiger partial charge in [0.05, 0.1) is 41.9 Å². The number of amides is 1. The first-order valence-electron chi connectivity index (χ1n) is 6.29. The van der Waals surface area contributed by atoms with E-state index in [-0.39, 0.29) is 5.91 Å². The summed E-state index contributed by atoms with van der Waals surface area (Å²) in [6.07, 6.45) is 3.30. The first-order valence-corrected chi connectivity index (χ1v) is 6.67. The second-order valence-electron chi connectivity index (χ2n) is 4.42. The molecule has 7 heteroatoms. The quantitative estimate of drug-likeness (QED) is 0.839. The number of halogens is 1. The van der Waals surface area contributed by atoms with Gasteiger partial charge in [-0.3, -0.25) is 4.79 Å². The van der Waals surface area contributed by atoms with Gasteiger partial charge in [-0.1, -0.05) is 16.8 Å². The molecule has 1 aromatic heterocycles. The molecule has 3 rings (SSSR count). The highest BCUT2D eigenvalue weighted by Gasteiger charge is 2.20. The molecule has 1 aliphatic rings. The van der Waals surface area contributed by atoms with E-state index >= 15 is 0 Å². The van der Waals surface area contributed by atoms with Crippen LogP contribution in [0.25, 0.3) is 5.69 Å². The largest absolute Gasteiger partial charge is 0.378 e. The van der Waals surface area contributed by atoms with Gasteiger partial charge in [-0.15, -0.1) is 5.10 Å². The molecule has 0 N–H and O–H groups in total. The maximum atomic E-state index is 12.4. The number of rotatable bonds is 2. The predicted molar refractivity (Wildman–Crippen MR) is 73.1 cm³/mol. The Bertz CT molecular complexity index is 609. The molecule has 0 unspecified atom stereocenters. The summed E-state index contributed by atoms with van der Waals surface area (Å²) in [5.74, 6) is -0.0663. The summed E-state index contributed by atoms with van der Waals surface area (Å²) in [4.78, 5) is 14.1. The number of carbonyl (C=O) groups is 1. The summed E-state index contributed by atoms with van der Waals surface area (Å²) in [5.41, 5.74) is 1.27. The Balaban J connectivity index is 1.85. The van der Waals surface area contributed by atoms with E-state index in [1.165, 1.54) is 0 Å². The molecule has 1 fully saturated rings. The molecule has 1 amide bonds. The van der Waals surface area contributed by atoms with Crippen LogP contribution in [-0.4, -0.2) is 52.1 Å². The lowest BCUT2D eigenvalue weighted by Crippen LogP contribution is -2.40. The Morgan fingerprint density at radius 3 is 2.75 bits per heavy atom. The standard InChI is InChI=1S/C13H13ClN4O2/c14-12-9-10(18-4-3-15-16-18)1-2-11(12)13(19)17-5-7-20-8-6-17/h1-4,9H,5-8H2. The van der Waals surface area contributed by atoms with Crippen LogP contribution in [0.1, 0.15) is 10.4 Å². The van der Waals surface area contributed by atoms with Gasteiger partial charge in [-0.2, -0.15) is 0 Å². The van der Waals surface area contributed by atoms with Crippen LogP contribution in [0.4, 0.5) is 0 Å². The predicted octanol–water partition coefficient (Wildman–Crippen LogP) is 1.39. The lowest BCUT2D eigenvalue weighted by Gasteiger charge is -2.27. The van der Waals surface area contributed by atoms with Crippen molar-refractivity contribution in [2.75, 3.05) is 26.3 Å². The van der Waals surface area contributed by atoms with Crippen molar-refractivity contribution in [1.29, 1.82) is 0 Å². The fraction of sp³-hybridized carbons (Fsp3) is 0.308. The number of carbonyl (C=O) groups excluding carboxylic acids is 1. The normalized spacial score (nSPS) is 15.3. The van der Waals surface area contributed by atoms with Gasteiger partial charge >= 0.3 is 0 Å². The van der Waals surface area contributed by atoms with Gasteiger partial charge in [0.25, 0.3) is 5.91 Å². The molecule has 0 saturated carbocycles. The summed E-state index contributed by atoms with van der Waals surface area (Å²) in [6.45, 7) is 2.33. The Hall–Kier alpha value is -1.92. The summed E-state index contributed by atoms with van der Waals surface area (Å²) < 4.78 is 6.83. The van der Waals surface area contributed by atoms with Crippen LogP contribution in [0.15, 0.2) is 30.6 Å². The van der Waals surface area contributed by atoms with Crippen molar-refractivity contribution in [3.05, 3.63) is 41.2 Å². The fourth-order valence-corrected chi connectivity index (χ4v) is 2.36. The lowest BCUT2D eigenvalue weighted by molar-refractivity contribution is 0.0303. The van der Waals surface area contributed by atoms with Crippen LogP contribution in [0.2, 0.25) is 5.02 Å². The highest BCUT2D eigenvalue weighted by Crippen LogP contribution is 2.21. The summed E-state index contributed by atoms with van der Waals surface area (Å²) >= 11 is 6.22. The van der Waals surface area contributed by atoms with Gasteiger partial charge in [-0.05, 0) is 18.2 Å². The molecule has 1 saturated heterocycles. The Labute approximate surface area is 120 Å². The third kappa shape index (κ3) is 2.52. The third-order valence-corrected chi connectivity index (χ3v) is 3.48. The minimum atomic E-state index is -0.0663. The van der Waals surface area contributed by atoms with Crippen molar-refractivity contribution >= 4 is 17.5 Å². The van der Waals surface area contributed by atoms with E-state index in [2.05, 4.69) is 10.3 Å². The molecule has 1 aromatic carbocycles. The van der Waals surface area contributed by atoms with Crippen molar-refractivity contribution in [3.8, 4) is 5.69 Å². The maximum Gasteiger partial charge on any atom is 0.255 e. The molecule has 0 spiro atoms. The van der Waals surface area contributed by atoms with Crippen LogP contribution in [-0.2, 0) is 4.74 Å². The van der Waals surface area contributed by atoms with Crippen molar-refractivity contribution in [1.82, 2.24) is 19.9 Å². The van der Waals surface area contributed by atoms with Crippen LogP contribution < -0.4 is 0 Å². The van der Waals surface area contributed by atoms with Crippen LogP contribution in [0.5, 0.6) is 0 Å².